The third-order valence-corrected chi connectivity index (χ3v) is 3.82. The van der Waals surface area contributed by atoms with E-state index >= 15 is 0 Å². The van der Waals surface area contributed by atoms with Gasteiger partial charge in [0.05, 0.1) is 19.1 Å². The number of benzene rings is 1. The van der Waals surface area contributed by atoms with Crippen LogP contribution in [0.2, 0.25) is 0 Å². The summed E-state index contributed by atoms with van der Waals surface area (Å²) in [5.74, 6) is 0.161. The maximum atomic E-state index is 12.2. The molecule has 23 heavy (non-hydrogen) atoms. The molecule has 1 heterocycles. The van der Waals surface area contributed by atoms with E-state index in [0.717, 1.165) is 12.8 Å². The summed E-state index contributed by atoms with van der Waals surface area (Å²) < 4.78 is 10.6. The highest BCUT2D eigenvalue weighted by molar-refractivity contribution is 5.94. The number of hydrogen-bond acceptors (Lipinski definition) is 5. The number of anilines is 1. The summed E-state index contributed by atoms with van der Waals surface area (Å²) in [5, 5.41) is 2.81. The predicted molar refractivity (Wildman–Crippen MR) is 85.9 cm³/mol. The molecule has 1 saturated heterocycles. The van der Waals surface area contributed by atoms with Crippen molar-refractivity contribution in [2.45, 2.75) is 25.3 Å². The minimum atomic E-state index is -0.537. The first-order valence-corrected chi connectivity index (χ1v) is 7.71. The van der Waals surface area contributed by atoms with Gasteiger partial charge in [-0.2, -0.15) is 0 Å². The van der Waals surface area contributed by atoms with Crippen molar-refractivity contribution in [3.63, 3.8) is 0 Å². The summed E-state index contributed by atoms with van der Waals surface area (Å²) in [7, 11) is 0. The first-order valence-electron chi connectivity index (χ1n) is 7.71. The number of primary amides is 1. The second-order valence-electron chi connectivity index (χ2n) is 5.55. The molecule has 0 bridgehead atoms. The van der Waals surface area contributed by atoms with E-state index < -0.39 is 11.9 Å². The Morgan fingerprint density at radius 3 is 2.52 bits per heavy atom. The molecule has 2 amide bonds. The Morgan fingerprint density at radius 2 is 1.91 bits per heavy atom. The molecule has 0 saturated carbocycles. The zero-order valence-corrected chi connectivity index (χ0v) is 13.0. The molecule has 0 aliphatic carbocycles. The zero-order valence-electron chi connectivity index (χ0n) is 13.0. The number of nitrogens with two attached hydrogens (primary N) is 2. The first kappa shape index (κ1) is 17.2. The molecule has 1 aromatic rings. The molecular weight excluding hydrogens is 298 g/mol. The molecule has 0 radical (unpaired) electrons. The van der Waals surface area contributed by atoms with Crippen molar-refractivity contribution in [2.75, 3.05) is 25.1 Å². The van der Waals surface area contributed by atoms with Gasteiger partial charge in [0, 0.05) is 18.9 Å². The van der Waals surface area contributed by atoms with Gasteiger partial charge in [-0.05, 0) is 43.0 Å². The van der Waals surface area contributed by atoms with E-state index in [-0.39, 0.29) is 24.9 Å². The van der Waals surface area contributed by atoms with Crippen LogP contribution in [0.5, 0.6) is 5.75 Å². The van der Waals surface area contributed by atoms with Crippen LogP contribution in [0, 0.1) is 5.92 Å². The summed E-state index contributed by atoms with van der Waals surface area (Å²) in [4.78, 5) is 22.8. The van der Waals surface area contributed by atoms with Crippen molar-refractivity contribution in [1.82, 2.24) is 0 Å². The molecule has 7 nitrogen and oxygen atoms in total. The fraction of sp³-hybridized carbons (Fsp3) is 0.500. The maximum absolute atomic E-state index is 12.2. The van der Waals surface area contributed by atoms with Gasteiger partial charge in [0.15, 0.2) is 0 Å². The normalized spacial score (nSPS) is 16.6. The van der Waals surface area contributed by atoms with Gasteiger partial charge >= 0.3 is 0 Å². The molecule has 126 valence electrons. The molecule has 7 heteroatoms. The first-order chi connectivity index (χ1) is 11.1. The fourth-order valence-corrected chi connectivity index (χ4v) is 2.42. The number of nitrogens with one attached hydrogen (secondary N) is 1. The van der Waals surface area contributed by atoms with Crippen molar-refractivity contribution in [3.8, 4) is 5.75 Å². The van der Waals surface area contributed by atoms with E-state index in [1.807, 2.05) is 0 Å². The molecule has 1 fully saturated rings. The second-order valence-corrected chi connectivity index (χ2v) is 5.55. The lowest BCUT2D eigenvalue weighted by Crippen LogP contribution is -2.43. The monoisotopic (exact) mass is 321 g/mol. The number of hydrogen-bond donors (Lipinski definition) is 3. The van der Waals surface area contributed by atoms with Crippen molar-refractivity contribution in [2.24, 2.45) is 17.4 Å². The molecule has 1 aromatic carbocycles. The Hall–Kier alpha value is -2.12. The lowest BCUT2D eigenvalue weighted by atomic mass is 9.92. The van der Waals surface area contributed by atoms with Crippen LogP contribution < -0.4 is 21.5 Å². The van der Waals surface area contributed by atoms with Crippen LogP contribution in [0.1, 0.15) is 19.3 Å². The highest BCUT2D eigenvalue weighted by atomic mass is 16.5. The molecule has 2 rings (SSSR count). The quantitative estimate of drug-likeness (QED) is 0.681. The van der Waals surface area contributed by atoms with Crippen molar-refractivity contribution in [1.29, 1.82) is 0 Å². The summed E-state index contributed by atoms with van der Waals surface area (Å²) in [6, 6.07) is 6.36. The molecule has 0 spiro atoms. The topological polar surface area (TPSA) is 117 Å². The van der Waals surface area contributed by atoms with Crippen molar-refractivity contribution >= 4 is 17.5 Å². The molecular formula is C16H23N3O4. The van der Waals surface area contributed by atoms with Crippen molar-refractivity contribution in [3.05, 3.63) is 24.3 Å². The minimum absolute atomic E-state index is 0.153. The summed E-state index contributed by atoms with van der Waals surface area (Å²) >= 11 is 0. The van der Waals surface area contributed by atoms with Gasteiger partial charge in [0.1, 0.15) is 5.75 Å². The highest BCUT2D eigenvalue weighted by Crippen LogP contribution is 2.20. The van der Waals surface area contributed by atoms with Crippen LogP contribution >= 0.6 is 0 Å². The summed E-state index contributed by atoms with van der Waals surface area (Å²) in [6.07, 6.45) is 1.78. The average Bonchev–Trinajstić information content (AvgIpc) is 2.56. The molecule has 1 aliphatic rings. The summed E-state index contributed by atoms with van der Waals surface area (Å²) in [5.41, 5.74) is 11.7. The predicted octanol–water partition coefficient (Wildman–Crippen LogP) is 0.633. The van der Waals surface area contributed by atoms with E-state index in [1.54, 1.807) is 24.3 Å². The van der Waals surface area contributed by atoms with Crippen LogP contribution in [0.4, 0.5) is 5.69 Å². The summed E-state index contributed by atoms with van der Waals surface area (Å²) in [6.45, 7) is 1.54. The van der Waals surface area contributed by atoms with Crippen LogP contribution in [0.15, 0.2) is 24.3 Å². The largest absolute Gasteiger partial charge is 0.493 e. The molecule has 1 atom stereocenters. The third-order valence-electron chi connectivity index (χ3n) is 3.82. The lowest BCUT2D eigenvalue weighted by molar-refractivity contribution is -0.119. The highest BCUT2D eigenvalue weighted by Gasteiger charge is 2.26. The third kappa shape index (κ3) is 5.54. The number of amides is 2. The van der Waals surface area contributed by atoms with E-state index in [2.05, 4.69) is 5.32 Å². The number of rotatable bonds is 7. The molecule has 1 aliphatic heterocycles. The second kappa shape index (κ2) is 8.50. The van der Waals surface area contributed by atoms with Gasteiger partial charge in [-0.3, -0.25) is 9.59 Å². The number of carbonyl (C=O) groups is 2. The molecule has 5 N–H and O–H groups in total. The van der Waals surface area contributed by atoms with E-state index in [1.165, 1.54) is 0 Å². The Labute approximate surface area is 135 Å². The number of ether oxygens (including phenoxy) is 2. The Balaban J connectivity index is 1.82. The van der Waals surface area contributed by atoms with Gasteiger partial charge in [0.2, 0.25) is 11.8 Å². The van der Waals surface area contributed by atoms with Gasteiger partial charge in [0.25, 0.3) is 0 Å². The van der Waals surface area contributed by atoms with Gasteiger partial charge in [-0.15, -0.1) is 0 Å². The Bertz CT molecular complexity index is 527. The van der Waals surface area contributed by atoms with Crippen LogP contribution in [0.25, 0.3) is 0 Å². The Morgan fingerprint density at radius 1 is 1.26 bits per heavy atom. The van der Waals surface area contributed by atoms with Gasteiger partial charge in [-0.1, -0.05) is 0 Å². The van der Waals surface area contributed by atoms with Crippen LogP contribution in [-0.2, 0) is 14.3 Å². The lowest BCUT2D eigenvalue weighted by Gasteiger charge is -2.26. The smallest absolute Gasteiger partial charge is 0.241 e. The standard InChI is InChI=1S/C16H23N3O4/c17-14(20)7-10-23-13-3-1-12(2-4-13)19-16(21)15(18)11-5-8-22-9-6-11/h1-4,11,15H,5-10,18H2,(H2,17,20)(H,19,21). The minimum Gasteiger partial charge on any atom is -0.493 e. The molecule has 0 aromatic heterocycles. The van der Waals surface area contributed by atoms with Crippen LogP contribution in [-0.4, -0.2) is 37.7 Å². The van der Waals surface area contributed by atoms with E-state index in [0.29, 0.717) is 24.7 Å². The zero-order chi connectivity index (χ0) is 16.7. The molecule has 1 unspecified atom stereocenters. The van der Waals surface area contributed by atoms with Crippen molar-refractivity contribution < 1.29 is 19.1 Å². The van der Waals surface area contributed by atoms with Crippen LogP contribution in [0.3, 0.4) is 0 Å². The average molecular weight is 321 g/mol. The maximum Gasteiger partial charge on any atom is 0.241 e. The SMILES string of the molecule is NC(=O)CCOc1ccc(NC(=O)C(N)C2CCOCC2)cc1. The van der Waals surface area contributed by atoms with E-state index in [9.17, 15) is 9.59 Å². The Kier molecular flexibility index (Phi) is 6.37. The van der Waals surface area contributed by atoms with E-state index in [4.69, 9.17) is 20.9 Å². The van der Waals surface area contributed by atoms with Gasteiger partial charge < -0.3 is 26.3 Å². The number of carbonyl (C=O) groups excluding carboxylic acids is 2. The van der Waals surface area contributed by atoms with Gasteiger partial charge in [-0.25, -0.2) is 0 Å². The fourth-order valence-electron chi connectivity index (χ4n) is 2.42.